The van der Waals surface area contributed by atoms with Crippen LogP contribution < -0.4 is 0 Å². The van der Waals surface area contributed by atoms with E-state index < -0.39 is 0 Å². The fraction of sp³-hybridized carbons (Fsp3) is 0.500. The van der Waals surface area contributed by atoms with Gasteiger partial charge in [0.15, 0.2) is 0 Å². The van der Waals surface area contributed by atoms with Crippen LogP contribution in [-0.4, -0.2) is 6.29 Å². The van der Waals surface area contributed by atoms with Gasteiger partial charge in [0.1, 0.15) is 6.29 Å². The number of carbonyl (C=O) groups is 1. The minimum Gasteiger partial charge on any atom is -0.303 e. The van der Waals surface area contributed by atoms with Crippen molar-refractivity contribution in [1.82, 2.24) is 0 Å². The molecule has 0 aliphatic rings. The van der Waals surface area contributed by atoms with E-state index in [-0.39, 0.29) is 0 Å². The minimum absolute atomic E-state index is 0.430. The zero-order chi connectivity index (χ0) is 6.24. The summed E-state index contributed by atoms with van der Waals surface area (Å²) in [5.74, 6) is 0. The summed E-state index contributed by atoms with van der Waals surface area (Å²) >= 11 is 0. The molecule has 0 heterocycles. The predicted molar refractivity (Wildman–Crippen MR) is 28.7 cm³/mol. The van der Waals surface area contributed by atoms with E-state index in [9.17, 15) is 4.79 Å². The van der Waals surface area contributed by atoms with Crippen molar-refractivity contribution in [2.75, 3.05) is 0 Å². The molecule has 0 saturated carbocycles. The number of aldehydes is 1. The van der Waals surface area contributed by atoms with E-state index in [1.807, 2.05) is 0 Å². The van der Waals surface area contributed by atoms with Crippen LogP contribution in [0.2, 0.25) is 0 Å². The Balaban J connectivity index is 2.93. The molecule has 0 aromatic heterocycles. The van der Waals surface area contributed by atoms with Gasteiger partial charge in [0.2, 0.25) is 0 Å². The molecule has 4 nitrogen and oxygen atoms in total. The van der Waals surface area contributed by atoms with Crippen molar-refractivity contribution in [2.24, 2.45) is 5.11 Å². The molecule has 0 aromatic carbocycles. The number of azide groups is 1. The van der Waals surface area contributed by atoms with Crippen LogP contribution in [0.1, 0.15) is 12.8 Å². The zero-order valence-electron chi connectivity index (χ0n) is 4.32. The van der Waals surface area contributed by atoms with Crippen LogP contribution in [0, 0.1) is 6.54 Å². The van der Waals surface area contributed by atoms with Crippen molar-refractivity contribution in [1.29, 1.82) is 0 Å². The number of unbranched alkanes of at least 4 members (excludes halogenated alkanes) is 1. The molecule has 0 saturated heterocycles. The van der Waals surface area contributed by atoms with Crippen LogP contribution >= 0.6 is 0 Å². The summed E-state index contributed by atoms with van der Waals surface area (Å²) in [5, 5.41) is 3.11. The molecule has 4 heteroatoms. The number of rotatable bonds is 4. The molecule has 0 rings (SSSR count). The van der Waals surface area contributed by atoms with E-state index in [1.54, 1.807) is 0 Å². The third kappa shape index (κ3) is 4.98. The molecule has 0 atom stereocenters. The van der Waals surface area contributed by atoms with Gasteiger partial charge in [0.05, 0.1) is 0 Å². The highest BCUT2D eigenvalue weighted by molar-refractivity contribution is 5.49. The second-order valence-corrected chi connectivity index (χ2v) is 1.13. The van der Waals surface area contributed by atoms with Gasteiger partial charge in [-0.1, -0.05) is 5.11 Å². The maximum atomic E-state index is 9.61. The third-order valence-corrected chi connectivity index (χ3v) is 0.547. The van der Waals surface area contributed by atoms with Crippen molar-refractivity contribution < 1.29 is 4.79 Å². The summed E-state index contributed by atoms with van der Waals surface area (Å²) in [6, 6.07) is 0. The lowest BCUT2D eigenvalue weighted by Gasteiger charge is -1.79. The van der Waals surface area contributed by atoms with E-state index >= 15 is 0 Å². The molecule has 0 aromatic rings. The molecule has 0 aliphatic heterocycles. The second kappa shape index (κ2) is 5.98. The van der Waals surface area contributed by atoms with Gasteiger partial charge in [-0.3, -0.25) is 0 Å². The van der Waals surface area contributed by atoms with Gasteiger partial charge in [0, 0.05) is 17.9 Å². The van der Waals surface area contributed by atoms with Crippen molar-refractivity contribution in [3.63, 3.8) is 0 Å². The fourth-order valence-corrected chi connectivity index (χ4v) is 0.237. The third-order valence-electron chi connectivity index (χ3n) is 0.547. The predicted octanol–water partition coefficient (Wildman–Crippen LogP) is 1.44. The van der Waals surface area contributed by atoms with E-state index in [4.69, 9.17) is 5.53 Å². The van der Waals surface area contributed by atoms with Crippen LogP contribution in [0.4, 0.5) is 0 Å². The van der Waals surface area contributed by atoms with E-state index in [1.165, 1.54) is 6.54 Å². The Morgan fingerprint density at radius 3 is 2.88 bits per heavy atom. The molecule has 43 valence electrons. The maximum Gasteiger partial charge on any atom is 0.120 e. The SMILES string of the molecule is [N-]=[N+]=N[CH]CCC=O. The lowest BCUT2D eigenvalue weighted by molar-refractivity contribution is -0.107. The number of hydrogen-bond acceptors (Lipinski definition) is 2. The van der Waals surface area contributed by atoms with Crippen LogP contribution in [0.3, 0.4) is 0 Å². The average molecular weight is 112 g/mol. The Bertz CT molecular complexity index is 106. The molecule has 0 aliphatic carbocycles. The maximum absolute atomic E-state index is 9.61. The molecule has 0 amide bonds. The first-order valence-electron chi connectivity index (χ1n) is 2.21. The molecule has 0 unspecified atom stereocenters. The molecule has 0 fully saturated rings. The van der Waals surface area contributed by atoms with Gasteiger partial charge in [0.25, 0.3) is 0 Å². The van der Waals surface area contributed by atoms with E-state index in [0.717, 1.165) is 6.29 Å². The van der Waals surface area contributed by atoms with Crippen LogP contribution in [0.5, 0.6) is 0 Å². The van der Waals surface area contributed by atoms with Crippen molar-refractivity contribution in [2.45, 2.75) is 12.8 Å². The molecule has 1 radical (unpaired) electrons. The smallest absolute Gasteiger partial charge is 0.120 e. The van der Waals surface area contributed by atoms with E-state index in [2.05, 4.69) is 10.0 Å². The molecular formula is C4H6N3O. The quantitative estimate of drug-likeness (QED) is 0.178. The molecule has 0 bridgehead atoms. The summed E-state index contributed by atoms with van der Waals surface area (Å²) in [5.41, 5.74) is 7.70. The van der Waals surface area contributed by atoms with Crippen LogP contribution in [0.25, 0.3) is 10.4 Å². The Hall–Kier alpha value is -1.02. The number of carbonyl (C=O) groups excluding carboxylic acids is 1. The van der Waals surface area contributed by atoms with Gasteiger partial charge in [-0.25, -0.2) is 0 Å². The lowest BCUT2D eigenvalue weighted by atomic mass is 10.3. The largest absolute Gasteiger partial charge is 0.303 e. The molecule has 8 heavy (non-hydrogen) atoms. The summed E-state index contributed by atoms with van der Waals surface area (Å²) in [7, 11) is 0. The van der Waals surface area contributed by atoms with Gasteiger partial charge < -0.3 is 4.79 Å². The van der Waals surface area contributed by atoms with Crippen molar-refractivity contribution in [3.8, 4) is 0 Å². The van der Waals surface area contributed by atoms with Gasteiger partial charge >= 0.3 is 0 Å². The Kier molecular flexibility index (Phi) is 5.22. The standard InChI is InChI=1S/C4H6N3O/c5-7-6-3-1-2-4-8/h3-4H,1-2H2. The summed E-state index contributed by atoms with van der Waals surface area (Å²) in [4.78, 5) is 12.1. The first-order valence-corrected chi connectivity index (χ1v) is 2.21. The average Bonchev–Trinajstić information content (AvgIpc) is 1.81. The van der Waals surface area contributed by atoms with Gasteiger partial charge in [-0.15, -0.1) is 0 Å². The van der Waals surface area contributed by atoms with Gasteiger partial charge in [-0.05, 0) is 12.0 Å². The van der Waals surface area contributed by atoms with Crippen LogP contribution in [0.15, 0.2) is 5.11 Å². The monoisotopic (exact) mass is 112 g/mol. The summed E-state index contributed by atoms with van der Waals surface area (Å²) < 4.78 is 0. The van der Waals surface area contributed by atoms with Crippen LogP contribution in [-0.2, 0) is 4.79 Å². The molecule has 0 spiro atoms. The number of nitrogens with zero attached hydrogens (tertiary/aromatic N) is 3. The highest BCUT2D eigenvalue weighted by Crippen LogP contribution is 1.90. The zero-order valence-corrected chi connectivity index (χ0v) is 4.32. The highest BCUT2D eigenvalue weighted by atomic mass is 16.1. The van der Waals surface area contributed by atoms with E-state index in [0.29, 0.717) is 12.8 Å². The first-order chi connectivity index (χ1) is 3.91. The normalized spacial score (nSPS) is 7.50. The Labute approximate surface area is 47.1 Å². The topological polar surface area (TPSA) is 65.8 Å². The molecule has 0 N–H and O–H groups in total. The Morgan fingerprint density at radius 1 is 1.62 bits per heavy atom. The number of hydrogen-bond donors (Lipinski definition) is 0. The summed E-state index contributed by atoms with van der Waals surface area (Å²) in [6.45, 7) is 1.37. The minimum atomic E-state index is 0.430. The molecular weight excluding hydrogens is 106 g/mol. The first kappa shape index (κ1) is 6.98. The van der Waals surface area contributed by atoms with Crippen molar-refractivity contribution in [3.05, 3.63) is 17.0 Å². The highest BCUT2D eigenvalue weighted by Gasteiger charge is 1.79. The Morgan fingerprint density at radius 2 is 2.38 bits per heavy atom. The fourth-order valence-electron chi connectivity index (χ4n) is 0.237. The lowest BCUT2D eigenvalue weighted by Crippen LogP contribution is -1.72. The second-order valence-electron chi connectivity index (χ2n) is 1.13. The summed E-state index contributed by atoms with van der Waals surface area (Å²) in [6.07, 6.45) is 1.75. The van der Waals surface area contributed by atoms with Crippen molar-refractivity contribution >= 4 is 6.29 Å². The van der Waals surface area contributed by atoms with Gasteiger partial charge in [-0.2, -0.15) is 0 Å².